The first-order valence-corrected chi connectivity index (χ1v) is 7.41. The highest BCUT2D eigenvalue weighted by Crippen LogP contribution is 2.27. The summed E-state index contributed by atoms with van der Waals surface area (Å²) in [4.78, 5) is 14.6. The zero-order valence-corrected chi connectivity index (χ0v) is 12.6. The molecule has 2 aliphatic rings. The zero-order valence-electron chi connectivity index (χ0n) is 12.6. The molecule has 21 heavy (non-hydrogen) atoms. The smallest absolute Gasteiger partial charge is 0.254 e. The van der Waals surface area contributed by atoms with Gasteiger partial charge in [0, 0.05) is 31.6 Å². The average molecular weight is 290 g/mol. The molecule has 0 aliphatic carbocycles. The lowest BCUT2D eigenvalue weighted by Crippen LogP contribution is -2.56. The third-order valence-electron chi connectivity index (χ3n) is 3.97. The van der Waals surface area contributed by atoms with Gasteiger partial charge in [-0.05, 0) is 37.6 Å². The van der Waals surface area contributed by atoms with Crippen molar-refractivity contribution in [1.29, 1.82) is 0 Å². The number of fused-ring (bicyclic) bond motifs is 1. The van der Waals surface area contributed by atoms with Crippen molar-refractivity contribution >= 4 is 5.91 Å². The fourth-order valence-electron chi connectivity index (χ4n) is 3.08. The average Bonchev–Trinajstić information content (AvgIpc) is 2.92. The Morgan fingerprint density at radius 1 is 1.48 bits per heavy atom. The van der Waals surface area contributed by atoms with Gasteiger partial charge in [0.15, 0.2) is 0 Å². The monoisotopic (exact) mass is 290 g/mol. The number of hydrogen-bond donors (Lipinski definition) is 1. The first-order valence-electron chi connectivity index (χ1n) is 7.41. The Balaban J connectivity index is 1.81. The summed E-state index contributed by atoms with van der Waals surface area (Å²) in [6, 6.07) is 5.68. The summed E-state index contributed by atoms with van der Waals surface area (Å²) >= 11 is 0. The number of amides is 1. The fraction of sp³-hybridized carbons (Fsp3) is 0.562. The van der Waals surface area contributed by atoms with Crippen LogP contribution < -0.4 is 10.5 Å². The maximum absolute atomic E-state index is 12.7. The predicted molar refractivity (Wildman–Crippen MR) is 79.6 cm³/mol. The van der Waals surface area contributed by atoms with Crippen molar-refractivity contribution in [2.45, 2.75) is 32.0 Å². The number of nitrogens with two attached hydrogens (primary N) is 1. The summed E-state index contributed by atoms with van der Waals surface area (Å²) in [6.07, 6.45) is 0.770. The summed E-state index contributed by atoms with van der Waals surface area (Å²) in [6.45, 7) is 6.23. The second-order valence-corrected chi connectivity index (χ2v) is 6.34. The molecule has 0 spiro atoms. The van der Waals surface area contributed by atoms with Crippen molar-refractivity contribution in [3.63, 3.8) is 0 Å². The molecule has 3 rings (SSSR count). The minimum Gasteiger partial charge on any atom is -0.493 e. The number of morpholine rings is 1. The minimum atomic E-state index is -0.363. The summed E-state index contributed by atoms with van der Waals surface area (Å²) in [5.74, 6) is 0.938. The van der Waals surface area contributed by atoms with Gasteiger partial charge in [-0.15, -0.1) is 0 Å². The molecule has 1 aromatic rings. The maximum atomic E-state index is 12.7. The molecule has 1 unspecified atom stereocenters. The number of rotatable bonds is 2. The number of nitrogens with zero attached hydrogens (tertiary/aromatic N) is 1. The molecule has 2 N–H and O–H groups in total. The molecule has 0 saturated carbocycles. The van der Waals surface area contributed by atoms with E-state index in [0.717, 1.165) is 17.7 Å². The van der Waals surface area contributed by atoms with E-state index >= 15 is 0 Å². The van der Waals surface area contributed by atoms with Crippen molar-refractivity contribution in [2.75, 3.05) is 26.2 Å². The molecule has 114 valence electrons. The number of carbonyl (C=O) groups is 1. The van der Waals surface area contributed by atoms with E-state index in [0.29, 0.717) is 31.8 Å². The Morgan fingerprint density at radius 2 is 2.29 bits per heavy atom. The van der Waals surface area contributed by atoms with Gasteiger partial charge in [-0.25, -0.2) is 0 Å². The van der Waals surface area contributed by atoms with E-state index in [9.17, 15) is 4.79 Å². The molecular formula is C16H22N2O3. The van der Waals surface area contributed by atoms with E-state index in [-0.39, 0.29) is 17.6 Å². The van der Waals surface area contributed by atoms with Gasteiger partial charge < -0.3 is 20.1 Å². The highest BCUT2D eigenvalue weighted by atomic mass is 16.5. The van der Waals surface area contributed by atoms with Crippen LogP contribution in [0.4, 0.5) is 0 Å². The Bertz CT molecular complexity index is 556. The van der Waals surface area contributed by atoms with E-state index < -0.39 is 0 Å². The normalized spacial score (nSPS) is 23.6. The zero-order chi connectivity index (χ0) is 15.0. The second kappa shape index (κ2) is 5.31. The third kappa shape index (κ3) is 2.89. The largest absolute Gasteiger partial charge is 0.493 e. The number of ether oxygens (including phenoxy) is 2. The van der Waals surface area contributed by atoms with Crippen LogP contribution in [-0.4, -0.2) is 48.8 Å². The van der Waals surface area contributed by atoms with Gasteiger partial charge in [-0.3, -0.25) is 4.79 Å². The minimum absolute atomic E-state index is 0.0412. The highest BCUT2D eigenvalue weighted by Gasteiger charge is 2.35. The van der Waals surface area contributed by atoms with Gasteiger partial charge in [0.2, 0.25) is 0 Å². The first-order chi connectivity index (χ1) is 9.98. The van der Waals surface area contributed by atoms with Crippen molar-refractivity contribution in [2.24, 2.45) is 5.73 Å². The molecule has 5 nitrogen and oxygen atoms in total. The summed E-state index contributed by atoms with van der Waals surface area (Å²) in [5, 5.41) is 0. The van der Waals surface area contributed by atoms with Gasteiger partial charge >= 0.3 is 0 Å². The molecule has 0 aromatic heterocycles. The lowest BCUT2D eigenvalue weighted by Gasteiger charge is -2.42. The standard InChI is InChI=1S/C16H22N2O3/c1-16(2)10-18(9-13(8-17)21-16)15(19)12-3-4-14-11(7-12)5-6-20-14/h3-4,7,13H,5-6,8-10,17H2,1-2H3. The molecule has 1 saturated heterocycles. The van der Waals surface area contributed by atoms with Crippen molar-refractivity contribution in [1.82, 2.24) is 4.90 Å². The lowest BCUT2D eigenvalue weighted by molar-refractivity contribution is -0.122. The quantitative estimate of drug-likeness (QED) is 0.889. The molecule has 1 aromatic carbocycles. The van der Waals surface area contributed by atoms with Crippen LogP contribution in [0.3, 0.4) is 0 Å². The molecule has 0 bridgehead atoms. The van der Waals surface area contributed by atoms with Gasteiger partial charge in [0.1, 0.15) is 5.75 Å². The molecule has 0 radical (unpaired) electrons. The number of carbonyl (C=O) groups excluding carboxylic acids is 1. The molecule has 2 aliphatic heterocycles. The molecule has 1 atom stereocenters. The maximum Gasteiger partial charge on any atom is 0.254 e. The summed E-state index contributed by atoms with van der Waals surface area (Å²) < 4.78 is 11.4. The second-order valence-electron chi connectivity index (χ2n) is 6.34. The molecule has 5 heteroatoms. The third-order valence-corrected chi connectivity index (χ3v) is 3.97. The fourth-order valence-corrected chi connectivity index (χ4v) is 3.08. The molecular weight excluding hydrogens is 268 g/mol. The Hall–Kier alpha value is -1.59. The van der Waals surface area contributed by atoms with Gasteiger partial charge in [0.25, 0.3) is 5.91 Å². The van der Waals surface area contributed by atoms with Crippen molar-refractivity contribution in [3.05, 3.63) is 29.3 Å². The topological polar surface area (TPSA) is 64.8 Å². The number of hydrogen-bond acceptors (Lipinski definition) is 4. The summed E-state index contributed by atoms with van der Waals surface area (Å²) in [7, 11) is 0. The van der Waals surface area contributed by atoms with E-state index in [4.69, 9.17) is 15.2 Å². The van der Waals surface area contributed by atoms with Crippen LogP contribution in [0.1, 0.15) is 29.8 Å². The Labute approximate surface area is 125 Å². The van der Waals surface area contributed by atoms with E-state index in [1.165, 1.54) is 0 Å². The van der Waals surface area contributed by atoms with Crippen LogP contribution in [0, 0.1) is 0 Å². The first kappa shape index (κ1) is 14.4. The van der Waals surface area contributed by atoms with E-state index in [1.807, 2.05) is 36.9 Å². The van der Waals surface area contributed by atoms with Crippen LogP contribution in [0.2, 0.25) is 0 Å². The van der Waals surface area contributed by atoms with E-state index in [2.05, 4.69) is 0 Å². The van der Waals surface area contributed by atoms with Crippen molar-refractivity contribution in [3.8, 4) is 5.75 Å². The van der Waals surface area contributed by atoms with Crippen LogP contribution in [0.5, 0.6) is 5.75 Å². The van der Waals surface area contributed by atoms with Gasteiger partial charge in [-0.2, -0.15) is 0 Å². The van der Waals surface area contributed by atoms with Crippen molar-refractivity contribution < 1.29 is 14.3 Å². The predicted octanol–water partition coefficient (Wildman–Crippen LogP) is 1.20. The number of benzene rings is 1. The van der Waals surface area contributed by atoms with Crippen LogP contribution >= 0.6 is 0 Å². The van der Waals surface area contributed by atoms with Crippen LogP contribution in [-0.2, 0) is 11.2 Å². The molecule has 1 fully saturated rings. The Morgan fingerprint density at radius 3 is 3.05 bits per heavy atom. The van der Waals surface area contributed by atoms with Crippen LogP contribution in [0.15, 0.2) is 18.2 Å². The SMILES string of the molecule is CC1(C)CN(C(=O)c2ccc3c(c2)CCO3)CC(CN)O1. The van der Waals surface area contributed by atoms with Gasteiger partial charge in [-0.1, -0.05) is 0 Å². The van der Waals surface area contributed by atoms with Gasteiger partial charge in [0.05, 0.1) is 18.3 Å². The highest BCUT2D eigenvalue weighted by molar-refractivity contribution is 5.94. The summed E-state index contributed by atoms with van der Waals surface area (Å²) in [5.41, 5.74) is 7.19. The Kier molecular flexibility index (Phi) is 3.63. The van der Waals surface area contributed by atoms with Crippen LogP contribution in [0.25, 0.3) is 0 Å². The molecule has 2 heterocycles. The lowest BCUT2D eigenvalue weighted by atomic mass is 10.0. The van der Waals surface area contributed by atoms with E-state index in [1.54, 1.807) is 0 Å². The molecule has 1 amide bonds.